The number of hydrogen-bond donors (Lipinski definition) is 3. The Hall–Kier alpha value is -1.86. The SMILES string of the molecule is CCCCc1nc(Cl)c(CO)[nH]1.CCCCc1nc(Cl)c(COCc2ccccc2)[nH]1. The third kappa shape index (κ3) is 9.03. The van der Waals surface area contributed by atoms with Gasteiger partial charge in [0.15, 0.2) is 10.3 Å². The number of nitrogens with one attached hydrogen (secondary N) is 2. The van der Waals surface area contributed by atoms with Gasteiger partial charge in [-0.3, -0.25) is 0 Å². The quantitative estimate of drug-likeness (QED) is 0.322. The first kappa shape index (κ1) is 25.4. The van der Waals surface area contributed by atoms with Crippen LogP contribution in [-0.2, 0) is 37.4 Å². The lowest BCUT2D eigenvalue weighted by atomic mass is 10.2. The number of benzene rings is 1. The standard InChI is InChI=1S/C15H19ClN2O.C8H13ClN2O/c1-2-3-9-14-17-13(15(16)18-14)11-19-10-12-7-5-4-6-8-12;1-2-3-4-7-10-6(5-12)8(9)11-7/h4-8H,2-3,9-11H2,1H3,(H,17,18);12H,2-5H2,1H3,(H,10,11). The number of nitrogens with zero attached hydrogens (tertiary/aromatic N) is 2. The number of H-pyrrole nitrogens is 2. The molecule has 0 fully saturated rings. The van der Waals surface area contributed by atoms with Crippen molar-refractivity contribution in [2.75, 3.05) is 0 Å². The zero-order valence-electron chi connectivity index (χ0n) is 18.3. The Morgan fingerprint density at radius 2 is 1.39 bits per heavy atom. The maximum absolute atomic E-state index is 8.80. The van der Waals surface area contributed by atoms with Crippen molar-refractivity contribution in [3.8, 4) is 0 Å². The molecule has 0 aliphatic carbocycles. The zero-order chi connectivity index (χ0) is 22.5. The fourth-order valence-electron chi connectivity index (χ4n) is 2.85. The van der Waals surface area contributed by atoms with E-state index in [1.54, 1.807) is 0 Å². The van der Waals surface area contributed by atoms with Crippen molar-refractivity contribution < 1.29 is 9.84 Å². The molecule has 0 amide bonds. The van der Waals surface area contributed by atoms with E-state index >= 15 is 0 Å². The molecule has 8 heteroatoms. The molecule has 0 saturated carbocycles. The molecule has 31 heavy (non-hydrogen) atoms. The van der Waals surface area contributed by atoms with Crippen LogP contribution in [0.2, 0.25) is 10.3 Å². The zero-order valence-corrected chi connectivity index (χ0v) is 19.8. The molecule has 170 valence electrons. The van der Waals surface area contributed by atoms with E-state index in [2.05, 4.69) is 33.8 Å². The number of ether oxygens (including phenoxy) is 1. The summed E-state index contributed by atoms with van der Waals surface area (Å²) >= 11 is 11.8. The van der Waals surface area contributed by atoms with E-state index in [-0.39, 0.29) is 6.61 Å². The minimum absolute atomic E-state index is 0.0715. The molecule has 0 aliphatic rings. The van der Waals surface area contributed by atoms with E-state index in [1.165, 1.54) is 0 Å². The molecule has 3 N–H and O–H groups in total. The van der Waals surface area contributed by atoms with Crippen LogP contribution in [-0.4, -0.2) is 25.0 Å². The fraction of sp³-hybridized carbons (Fsp3) is 0.478. The summed E-state index contributed by atoms with van der Waals surface area (Å²) in [4.78, 5) is 14.6. The van der Waals surface area contributed by atoms with Gasteiger partial charge in [-0.15, -0.1) is 0 Å². The molecule has 0 saturated heterocycles. The van der Waals surface area contributed by atoms with Crippen LogP contribution in [0.25, 0.3) is 0 Å². The molecule has 2 aromatic heterocycles. The van der Waals surface area contributed by atoms with Gasteiger partial charge >= 0.3 is 0 Å². The molecule has 0 bridgehead atoms. The van der Waals surface area contributed by atoms with Gasteiger partial charge in [0, 0.05) is 12.8 Å². The van der Waals surface area contributed by atoms with Crippen LogP contribution >= 0.6 is 23.2 Å². The number of halogens is 2. The van der Waals surface area contributed by atoms with E-state index in [0.717, 1.165) is 61.4 Å². The number of aliphatic hydroxyl groups excluding tert-OH is 1. The van der Waals surface area contributed by atoms with Crippen LogP contribution in [0.5, 0.6) is 0 Å². The molecule has 0 atom stereocenters. The van der Waals surface area contributed by atoms with Crippen molar-refractivity contribution in [2.24, 2.45) is 0 Å². The minimum Gasteiger partial charge on any atom is -0.390 e. The summed E-state index contributed by atoms with van der Waals surface area (Å²) in [6, 6.07) is 10.1. The maximum Gasteiger partial charge on any atom is 0.152 e. The average Bonchev–Trinajstić information content (AvgIpc) is 3.33. The van der Waals surface area contributed by atoms with E-state index in [0.29, 0.717) is 29.2 Å². The molecule has 0 spiro atoms. The van der Waals surface area contributed by atoms with Crippen LogP contribution in [0.15, 0.2) is 30.3 Å². The molecule has 2 heterocycles. The van der Waals surface area contributed by atoms with Crippen molar-refractivity contribution in [1.29, 1.82) is 0 Å². The van der Waals surface area contributed by atoms with Gasteiger partial charge in [-0.1, -0.05) is 80.2 Å². The highest BCUT2D eigenvalue weighted by Gasteiger charge is 2.08. The van der Waals surface area contributed by atoms with Crippen molar-refractivity contribution >= 4 is 23.2 Å². The van der Waals surface area contributed by atoms with Crippen LogP contribution < -0.4 is 0 Å². The fourth-order valence-corrected chi connectivity index (χ4v) is 3.26. The second-order valence-electron chi connectivity index (χ2n) is 7.25. The second kappa shape index (κ2) is 14.2. The van der Waals surface area contributed by atoms with Crippen molar-refractivity contribution in [3.63, 3.8) is 0 Å². The van der Waals surface area contributed by atoms with Gasteiger partial charge in [0.25, 0.3) is 0 Å². The Bertz CT molecular complexity index is 881. The highest BCUT2D eigenvalue weighted by molar-refractivity contribution is 6.30. The van der Waals surface area contributed by atoms with E-state index in [9.17, 15) is 0 Å². The number of hydrogen-bond acceptors (Lipinski definition) is 4. The molecule has 6 nitrogen and oxygen atoms in total. The monoisotopic (exact) mass is 466 g/mol. The van der Waals surface area contributed by atoms with Crippen molar-refractivity contribution in [1.82, 2.24) is 19.9 Å². The molecule has 3 rings (SSSR count). The number of aromatic amines is 2. The van der Waals surface area contributed by atoms with Crippen LogP contribution in [0, 0.1) is 0 Å². The van der Waals surface area contributed by atoms with Crippen LogP contribution in [0.3, 0.4) is 0 Å². The summed E-state index contributed by atoms with van der Waals surface area (Å²) in [6.07, 6.45) is 6.33. The predicted molar refractivity (Wildman–Crippen MR) is 125 cm³/mol. The first-order chi connectivity index (χ1) is 15.1. The summed E-state index contributed by atoms with van der Waals surface area (Å²) in [5.41, 5.74) is 2.64. The largest absolute Gasteiger partial charge is 0.390 e. The van der Waals surface area contributed by atoms with Gasteiger partial charge in [-0.25, -0.2) is 9.97 Å². The highest BCUT2D eigenvalue weighted by atomic mass is 35.5. The first-order valence-corrected chi connectivity index (χ1v) is 11.5. The lowest BCUT2D eigenvalue weighted by Crippen LogP contribution is -1.95. The Morgan fingerprint density at radius 3 is 1.90 bits per heavy atom. The normalized spacial score (nSPS) is 10.7. The molecule has 0 radical (unpaired) electrons. The van der Waals surface area contributed by atoms with Crippen molar-refractivity contribution in [3.05, 3.63) is 69.2 Å². The Morgan fingerprint density at radius 1 is 0.839 bits per heavy atom. The minimum atomic E-state index is -0.0715. The third-order valence-electron chi connectivity index (χ3n) is 4.60. The van der Waals surface area contributed by atoms with Crippen molar-refractivity contribution in [2.45, 2.75) is 72.2 Å². The highest BCUT2D eigenvalue weighted by Crippen LogP contribution is 2.16. The number of aryl methyl sites for hydroxylation is 2. The van der Waals surface area contributed by atoms with Gasteiger partial charge in [-0.05, 0) is 18.4 Å². The Kier molecular flexibility index (Phi) is 11.7. The molecule has 3 aromatic rings. The average molecular weight is 467 g/mol. The van der Waals surface area contributed by atoms with Gasteiger partial charge in [0.2, 0.25) is 0 Å². The van der Waals surface area contributed by atoms with Gasteiger partial charge in [0.1, 0.15) is 11.6 Å². The summed E-state index contributed by atoms with van der Waals surface area (Å²) < 4.78 is 5.65. The van der Waals surface area contributed by atoms with Gasteiger partial charge in [0.05, 0.1) is 31.2 Å². The summed E-state index contributed by atoms with van der Waals surface area (Å²) in [7, 11) is 0. The number of aromatic nitrogens is 4. The lowest BCUT2D eigenvalue weighted by Gasteiger charge is -2.03. The van der Waals surface area contributed by atoms with Gasteiger partial charge in [-0.2, -0.15) is 0 Å². The number of aliphatic hydroxyl groups is 1. The first-order valence-electron chi connectivity index (χ1n) is 10.8. The number of unbranched alkanes of at least 4 members (excludes halogenated alkanes) is 2. The van der Waals surface area contributed by atoms with E-state index < -0.39 is 0 Å². The summed E-state index contributed by atoms with van der Waals surface area (Å²) in [5.74, 6) is 1.82. The Balaban J connectivity index is 0.000000245. The van der Waals surface area contributed by atoms with E-state index in [1.807, 2.05) is 30.3 Å². The lowest BCUT2D eigenvalue weighted by molar-refractivity contribution is 0.105. The Labute approximate surface area is 194 Å². The predicted octanol–water partition coefficient (Wildman–Crippen LogP) is 6.02. The molecule has 1 aromatic carbocycles. The van der Waals surface area contributed by atoms with E-state index in [4.69, 9.17) is 33.0 Å². The molecular formula is C23H32Cl2N4O2. The third-order valence-corrected chi connectivity index (χ3v) is 5.23. The van der Waals surface area contributed by atoms with Gasteiger partial charge < -0.3 is 19.8 Å². The number of imidazole rings is 2. The second-order valence-corrected chi connectivity index (χ2v) is 7.97. The molecule has 0 aliphatic heterocycles. The van der Waals surface area contributed by atoms with Crippen LogP contribution in [0.1, 0.15) is 68.1 Å². The van der Waals surface area contributed by atoms with Crippen LogP contribution in [0.4, 0.5) is 0 Å². The number of rotatable bonds is 11. The maximum atomic E-state index is 8.80. The summed E-state index contributed by atoms with van der Waals surface area (Å²) in [5, 5.41) is 9.72. The molecule has 0 unspecified atom stereocenters. The molecular weight excluding hydrogens is 435 g/mol. The topological polar surface area (TPSA) is 86.8 Å². The summed E-state index contributed by atoms with van der Waals surface area (Å²) in [6.45, 7) is 5.26. The smallest absolute Gasteiger partial charge is 0.152 e.